The number of anilines is 1. The Kier molecular flexibility index (Phi) is 3.30. The van der Waals surface area contributed by atoms with E-state index in [9.17, 15) is 0 Å². The monoisotopic (exact) mass is 326 g/mol. The Labute approximate surface area is 140 Å². The van der Waals surface area contributed by atoms with E-state index in [2.05, 4.69) is 54.3 Å². The highest BCUT2D eigenvalue weighted by Crippen LogP contribution is 2.58. The maximum absolute atomic E-state index is 4.48. The van der Waals surface area contributed by atoms with Crippen LogP contribution in [0.5, 0.6) is 0 Å². The first-order valence-corrected chi connectivity index (χ1v) is 9.00. The van der Waals surface area contributed by atoms with Gasteiger partial charge in [-0.3, -0.25) is 5.43 Å². The fourth-order valence-electron chi connectivity index (χ4n) is 3.98. The second kappa shape index (κ2) is 5.13. The van der Waals surface area contributed by atoms with Crippen molar-refractivity contribution in [2.75, 3.05) is 5.43 Å². The number of hydrogen-bond acceptors (Lipinski definition) is 5. The van der Waals surface area contributed by atoms with Crippen molar-refractivity contribution in [1.29, 1.82) is 0 Å². The van der Waals surface area contributed by atoms with Crippen LogP contribution in [0.25, 0.3) is 10.2 Å². The highest BCUT2D eigenvalue weighted by atomic mass is 32.1. The fraction of sp³-hybridized carbons (Fsp3) is 0.500. The molecule has 0 aromatic carbocycles. The van der Waals surface area contributed by atoms with Gasteiger partial charge in [0.2, 0.25) is 0 Å². The number of aryl methyl sites for hydroxylation is 2. The topological polar surface area (TPSA) is 50.2 Å². The molecule has 4 nitrogen and oxygen atoms in total. The number of thiophene rings is 1. The maximum Gasteiger partial charge on any atom is 0.158 e. The molecule has 120 valence electrons. The van der Waals surface area contributed by atoms with E-state index in [0.717, 1.165) is 22.0 Å². The first-order chi connectivity index (χ1) is 11.0. The van der Waals surface area contributed by atoms with Crippen LogP contribution in [0.3, 0.4) is 0 Å². The van der Waals surface area contributed by atoms with Gasteiger partial charge in [-0.15, -0.1) is 11.3 Å². The third-order valence-corrected chi connectivity index (χ3v) is 6.98. The molecule has 2 bridgehead atoms. The van der Waals surface area contributed by atoms with Gasteiger partial charge in [-0.05, 0) is 55.1 Å². The molecule has 5 heteroatoms. The number of fused-ring (bicyclic) bond motifs is 2. The minimum atomic E-state index is 0.430. The lowest BCUT2D eigenvalue weighted by Gasteiger charge is -2.55. The summed E-state index contributed by atoms with van der Waals surface area (Å²) in [4.78, 5) is 11.0. The van der Waals surface area contributed by atoms with Gasteiger partial charge in [-0.1, -0.05) is 19.9 Å². The minimum absolute atomic E-state index is 0.430. The molecule has 2 heterocycles. The van der Waals surface area contributed by atoms with Crippen LogP contribution >= 0.6 is 11.3 Å². The summed E-state index contributed by atoms with van der Waals surface area (Å²) in [5, 5.41) is 5.57. The fourth-order valence-corrected chi connectivity index (χ4v) is 4.98. The molecule has 1 N–H and O–H groups in total. The number of allylic oxidation sites excluding steroid dienone is 2. The van der Waals surface area contributed by atoms with Crippen LogP contribution < -0.4 is 5.43 Å². The Morgan fingerprint density at radius 3 is 2.91 bits per heavy atom. The molecule has 2 atom stereocenters. The van der Waals surface area contributed by atoms with Crippen molar-refractivity contribution < 1.29 is 0 Å². The average Bonchev–Trinajstić information content (AvgIpc) is 2.83. The van der Waals surface area contributed by atoms with Gasteiger partial charge in [0.1, 0.15) is 11.2 Å². The summed E-state index contributed by atoms with van der Waals surface area (Å²) in [6.45, 7) is 9.00. The molecule has 1 saturated carbocycles. The van der Waals surface area contributed by atoms with Crippen molar-refractivity contribution in [3.63, 3.8) is 0 Å². The van der Waals surface area contributed by atoms with Gasteiger partial charge >= 0.3 is 0 Å². The molecule has 3 aliphatic carbocycles. The molecule has 0 saturated heterocycles. The second-order valence-corrected chi connectivity index (χ2v) is 8.51. The van der Waals surface area contributed by atoms with Gasteiger partial charge in [-0.25, -0.2) is 9.97 Å². The van der Waals surface area contributed by atoms with E-state index < -0.39 is 0 Å². The summed E-state index contributed by atoms with van der Waals surface area (Å²) in [5.74, 6) is 2.31. The van der Waals surface area contributed by atoms with Crippen LogP contribution in [0.1, 0.15) is 37.1 Å². The zero-order valence-corrected chi connectivity index (χ0v) is 14.9. The number of nitrogens with one attached hydrogen (secondary N) is 1. The second-order valence-electron chi connectivity index (χ2n) is 7.30. The van der Waals surface area contributed by atoms with E-state index in [1.807, 2.05) is 6.21 Å². The lowest BCUT2D eigenvalue weighted by atomic mass is 9.49. The third kappa shape index (κ3) is 2.21. The first-order valence-electron chi connectivity index (χ1n) is 8.18. The van der Waals surface area contributed by atoms with Crippen molar-refractivity contribution in [1.82, 2.24) is 9.97 Å². The van der Waals surface area contributed by atoms with E-state index in [1.54, 1.807) is 17.7 Å². The largest absolute Gasteiger partial charge is 0.261 e. The number of rotatable bonds is 3. The first kappa shape index (κ1) is 14.8. The highest BCUT2D eigenvalue weighted by Gasteiger charge is 2.50. The van der Waals surface area contributed by atoms with Crippen molar-refractivity contribution in [2.24, 2.45) is 22.4 Å². The van der Waals surface area contributed by atoms with Crippen molar-refractivity contribution in [3.8, 4) is 0 Å². The lowest BCUT2D eigenvalue weighted by Crippen LogP contribution is -2.48. The van der Waals surface area contributed by atoms with Crippen LogP contribution in [-0.2, 0) is 0 Å². The molecule has 3 aliphatic rings. The summed E-state index contributed by atoms with van der Waals surface area (Å²) >= 11 is 1.71. The molecule has 2 unspecified atom stereocenters. The van der Waals surface area contributed by atoms with Crippen LogP contribution in [0.4, 0.5) is 5.82 Å². The number of hydrazone groups is 1. The zero-order chi connectivity index (χ0) is 16.2. The highest BCUT2D eigenvalue weighted by molar-refractivity contribution is 7.18. The van der Waals surface area contributed by atoms with E-state index in [0.29, 0.717) is 11.3 Å². The van der Waals surface area contributed by atoms with Gasteiger partial charge in [0.25, 0.3) is 0 Å². The van der Waals surface area contributed by atoms with E-state index >= 15 is 0 Å². The van der Waals surface area contributed by atoms with Crippen molar-refractivity contribution >= 4 is 33.6 Å². The quantitative estimate of drug-likeness (QED) is 0.657. The molecular formula is C18H22N4S. The summed E-state index contributed by atoms with van der Waals surface area (Å²) in [7, 11) is 0. The molecule has 5 rings (SSSR count). The number of nitrogens with zero attached hydrogens (tertiary/aromatic N) is 3. The van der Waals surface area contributed by atoms with Gasteiger partial charge in [0.05, 0.1) is 11.6 Å². The van der Waals surface area contributed by atoms with Crippen molar-refractivity contribution in [3.05, 3.63) is 28.4 Å². The number of aromatic nitrogens is 2. The Morgan fingerprint density at radius 2 is 2.17 bits per heavy atom. The lowest BCUT2D eigenvalue weighted by molar-refractivity contribution is -0.00124. The zero-order valence-electron chi connectivity index (χ0n) is 14.1. The Morgan fingerprint density at radius 1 is 1.35 bits per heavy atom. The summed E-state index contributed by atoms with van der Waals surface area (Å²) in [5.41, 5.74) is 6.18. The summed E-state index contributed by atoms with van der Waals surface area (Å²) in [6, 6.07) is 0. The van der Waals surface area contributed by atoms with Crippen LogP contribution in [0.15, 0.2) is 23.1 Å². The van der Waals surface area contributed by atoms with Crippen molar-refractivity contribution in [2.45, 2.75) is 40.5 Å². The molecule has 0 aliphatic heterocycles. The third-order valence-electron chi connectivity index (χ3n) is 5.86. The van der Waals surface area contributed by atoms with Gasteiger partial charge in [-0.2, -0.15) is 5.10 Å². The molecule has 0 amide bonds. The average molecular weight is 326 g/mol. The standard InChI is InChI=1S/C18H22N4S/c1-10-11(2)23-17-15(10)16(19-9-20-17)22-21-8-12-5-6-13-7-14(12)18(13,3)4/h5,8-9,13-14H,6-7H2,1-4H3,(H,19,20,22)/b21-8+. The predicted octanol–water partition coefficient (Wildman–Crippen LogP) is 4.70. The van der Waals surface area contributed by atoms with Gasteiger partial charge < -0.3 is 0 Å². The SMILES string of the molecule is Cc1sc2ncnc(N/N=C/C3=CCC4CC3C4(C)C)c2c1C. The smallest absolute Gasteiger partial charge is 0.158 e. The number of hydrogen-bond donors (Lipinski definition) is 1. The molecule has 2 aromatic heterocycles. The van der Waals surface area contributed by atoms with Crippen LogP contribution in [-0.4, -0.2) is 16.2 Å². The molecule has 0 spiro atoms. The maximum atomic E-state index is 4.48. The normalized spacial score (nSPS) is 25.5. The molecular weight excluding hydrogens is 304 g/mol. The molecule has 23 heavy (non-hydrogen) atoms. The molecule has 0 radical (unpaired) electrons. The van der Waals surface area contributed by atoms with Gasteiger partial charge in [0.15, 0.2) is 5.82 Å². The minimum Gasteiger partial charge on any atom is -0.261 e. The Balaban J connectivity index is 1.57. The van der Waals surface area contributed by atoms with E-state index in [1.165, 1.54) is 28.9 Å². The van der Waals surface area contributed by atoms with Gasteiger partial charge in [0, 0.05) is 4.88 Å². The van der Waals surface area contributed by atoms with E-state index in [-0.39, 0.29) is 0 Å². The van der Waals surface area contributed by atoms with Crippen LogP contribution in [0, 0.1) is 31.1 Å². The Hall–Kier alpha value is -1.75. The molecule has 2 aromatic rings. The van der Waals surface area contributed by atoms with Crippen LogP contribution in [0.2, 0.25) is 0 Å². The Bertz CT molecular complexity index is 831. The molecule has 1 fully saturated rings. The summed E-state index contributed by atoms with van der Waals surface area (Å²) in [6.07, 6.45) is 8.45. The predicted molar refractivity (Wildman–Crippen MR) is 97.1 cm³/mol. The van der Waals surface area contributed by atoms with E-state index in [4.69, 9.17) is 0 Å². The summed E-state index contributed by atoms with van der Waals surface area (Å²) < 4.78 is 0.